The van der Waals surface area contributed by atoms with E-state index in [4.69, 9.17) is 0 Å². The number of fused-ring (bicyclic) bond motifs is 1. The molecule has 2 N–H and O–H groups in total. The van der Waals surface area contributed by atoms with Crippen molar-refractivity contribution in [3.05, 3.63) is 10.6 Å². The van der Waals surface area contributed by atoms with Crippen LogP contribution in [0.25, 0.3) is 0 Å². The summed E-state index contributed by atoms with van der Waals surface area (Å²) in [6.07, 6.45) is 3.76. The number of nitrogens with one attached hydrogen (secondary N) is 2. The molecule has 1 aromatic heterocycles. The van der Waals surface area contributed by atoms with E-state index in [1.165, 1.54) is 16.2 Å². The lowest BCUT2D eigenvalue weighted by atomic mass is 9.88. The fraction of sp³-hybridized carbons (Fsp3) is 0.714. The summed E-state index contributed by atoms with van der Waals surface area (Å²) >= 11 is 1.50. The van der Waals surface area contributed by atoms with Crippen LogP contribution in [0.2, 0.25) is 0 Å². The van der Waals surface area contributed by atoms with Gasteiger partial charge in [-0.2, -0.15) is 0 Å². The van der Waals surface area contributed by atoms with Crippen molar-refractivity contribution in [2.24, 2.45) is 5.92 Å². The molecule has 1 aromatic rings. The zero-order chi connectivity index (χ0) is 15.0. The molecule has 0 bridgehead atoms. The number of carbonyl (C=O) groups is 1. The van der Waals surface area contributed by atoms with Crippen LogP contribution in [0, 0.1) is 5.92 Å². The van der Waals surface area contributed by atoms with Crippen molar-refractivity contribution >= 4 is 22.5 Å². The van der Waals surface area contributed by atoms with E-state index in [1.807, 2.05) is 0 Å². The third-order valence-corrected chi connectivity index (χ3v) is 5.30. The van der Waals surface area contributed by atoms with Gasteiger partial charge < -0.3 is 5.32 Å². The van der Waals surface area contributed by atoms with Gasteiger partial charge in [-0.3, -0.25) is 5.32 Å². The van der Waals surface area contributed by atoms with Gasteiger partial charge in [0.15, 0.2) is 5.13 Å². The summed E-state index contributed by atoms with van der Waals surface area (Å²) in [5, 5.41) is 5.80. The highest BCUT2D eigenvalue weighted by Gasteiger charge is 2.46. The van der Waals surface area contributed by atoms with E-state index in [0.29, 0.717) is 11.0 Å². The Morgan fingerprint density at radius 3 is 2.90 bits per heavy atom. The van der Waals surface area contributed by atoms with Gasteiger partial charge in [-0.1, -0.05) is 13.3 Å². The Balaban J connectivity index is 1.54. The van der Waals surface area contributed by atoms with E-state index in [9.17, 15) is 13.6 Å². The number of aromatic nitrogens is 1. The Morgan fingerprint density at radius 2 is 2.24 bits per heavy atom. The van der Waals surface area contributed by atoms with Crippen molar-refractivity contribution in [1.29, 1.82) is 0 Å². The molecule has 3 rings (SSSR count). The number of aryl methyl sites for hydroxylation is 1. The van der Waals surface area contributed by atoms with Crippen LogP contribution in [0.3, 0.4) is 0 Å². The van der Waals surface area contributed by atoms with Gasteiger partial charge in [0.1, 0.15) is 0 Å². The van der Waals surface area contributed by atoms with Crippen LogP contribution in [0.1, 0.15) is 43.2 Å². The summed E-state index contributed by atoms with van der Waals surface area (Å²) in [7, 11) is 0. The third kappa shape index (κ3) is 3.33. The largest absolute Gasteiger partial charge is 0.335 e. The molecule has 1 atom stereocenters. The standard InChI is InChI=1S/C14H19F2N3OS/c1-2-8-3-4-10-11(5-8)21-13(18-10)19-12(20)17-9-6-14(15,16)7-9/h8-9H,2-7H2,1H3,(H2,17,18,19,20). The molecular formula is C14H19F2N3OS. The first-order valence-corrected chi connectivity index (χ1v) is 8.21. The summed E-state index contributed by atoms with van der Waals surface area (Å²) in [5.74, 6) is -1.91. The number of urea groups is 1. The Hall–Kier alpha value is -1.24. The lowest BCUT2D eigenvalue weighted by molar-refractivity contribution is -0.0893. The molecule has 7 heteroatoms. The molecular weight excluding hydrogens is 296 g/mol. The van der Waals surface area contributed by atoms with Gasteiger partial charge >= 0.3 is 6.03 Å². The molecule has 0 spiro atoms. The van der Waals surface area contributed by atoms with Crippen molar-refractivity contribution in [2.75, 3.05) is 5.32 Å². The van der Waals surface area contributed by atoms with Crippen molar-refractivity contribution in [1.82, 2.24) is 10.3 Å². The van der Waals surface area contributed by atoms with E-state index in [-0.39, 0.29) is 12.8 Å². The minimum Gasteiger partial charge on any atom is -0.335 e. The molecule has 0 saturated heterocycles. The van der Waals surface area contributed by atoms with E-state index < -0.39 is 18.0 Å². The van der Waals surface area contributed by atoms with Crippen molar-refractivity contribution in [3.8, 4) is 0 Å². The highest BCUT2D eigenvalue weighted by molar-refractivity contribution is 7.15. The molecule has 2 aliphatic rings. The highest BCUT2D eigenvalue weighted by Crippen LogP contribution is 2.37. The van der Waals surface area contributed by atoms with Crippen LogP contribution in [-0.2, 0) is 12.8 Å². The molecule has 2 amide bonds. The summed E-state index contributed by atoms with van der Waals surface area (Å²) in [6.45, 7) is 2.19. The van der Waals surface area contributed by atoms with E-state index in [1.54, 1.807) is 0 Å². The Morgan fingerprint density at radius 1 is 1.48 bits per heavy atom. The van der Waals surface area contributed by atoms with Gasteiger partial charge in [0.2, 0.25) is 0 Å². The second-order valence-electron chi connectivity index (χ2n) is 5.97. The first kappa shape index (κ1) is 14.7. The number of rotatable bonds is 3. The molecule has 21 heavy (non-hydrogen) atoms. The molecule has 0 radical (unpaired) electrons. The fourth-order valence-electron chi connectivity index (χ4n) is 2.93. The first-order valence-electron chi connectivity index (χ1n) is 7.39. The average molecular weight is 315 g/mol. The van der Waals surface area contributed by atoms with Crippen LogP contribution >= 0.6 is 11.3 Å². The molecule has 116 valence electrons. The van der Waals surface area contributed by atoms with Crippen LogP contribution in [0.15, 0.2) is 0 Å². The van der Waals surface area contributed by atoms with Crippen molar-refractivity contribution < 1.29 is 13.6 Å². The number of amides is 2. The normalized spacial score (nSPS) is 24.0. The zero-order valence-corrected chi connectivity index (χ0v) is 12.7. The minimum atomic E-state index is -2.62. The number of thiazole rings is 1. The van der Waals surface area contributed by atoms with E-state index in [2.05, 4.69) is 22.5 Å². The maximum Gasteiger partial charge on any atom is 0.321 e. The first-order chi connectivity index (χ1) is 9.95. The zero-order valence-electron chi connectivity index (χ0n) is 11.9. The molecule has 0 aromatic carbocycles. The summed E-state index contributed by atoms with van der Waals surface area (Å²) in [5.41, 5.74) is 1.08. The molecule has 1 fully saturated rings. The van der Waals surface area contributed by atoms with Crippen LogP contribution < -0.4 is 10.6 Å². The lowest BCUT2D eigenvalue weighted by Crippen LogP contribution is -2.51. The number of nitrogens with zero attached hydrogens (tertiary/aromatic N) is 1. The predicted octanol–water partition coefficient (Wildman–Crippen LogP) is 3.58. The van der Waals surface area contributed by atoms with Crippen LogP contribution in [0.5, 0.6) is 0 Å². The van der Waals surface area contributed by atoms with E-state index in [0.717, 1.165) is 31.4 Å². The molecule has 1 unspecified atom stereocenters. The smallest absolute Gasteiger partial charge is 0.321 e. The number of hydrogen-bond acceptors (Lipinski definition) is 3. The second kappa shape index (κ2) is 5.51. The molecule has 4 nitrogen and oxygen atoms in total. The second-order valence-corrected chi connectivity index (χ2v) is 7.05. The maximum absolute atomic E-state index is 12.7. The van der Waals surface area contributed by atoms with Gasteiger partial charge in [0.05, 0.1) is 5.69 Å². The van der Waals surface area contributed by atoms with Crippen LogP contribution in [0.4, 0.5) is 18.7 Å². The predicted molar refractivity (Wildman–Crippen MR) is 78.0 cm³/mol. The number of alkyl halides is 2. The third-order valence-electron chi connectivity index (χ3n) is 4.26. The van der Waals surface area contributed by atoms with Crippen molar-refractivity contribution in [3.63, 3.8) is 0 Å². The lowest BCUT2D eigenvalue weighted by Gasteiger charge is -2.35. The van der Waals surface area contributed by atoms with Gasteiger partial charge in [-0.25, -0.2) is 18.6 Å². The Labute approximate surface area is 126 Å². The quantitative estimate of drug-likeness (QED) is 0.896. The molecule has 1 saturated carbocycles. The summed E-state index contributed by atoms with van der Waals surface area (Å²) in [4.78, 5) is 17.4. The number of carbonyl (C=O) groups excluding carboxylic acids is 1. The molecule has 1 heterocycles. The number of halogens is 2. The van der Waals surface area contributed by atoms with Gasteiger partial charge in [0, 0.05) is 23.8 Å². The Kier molecular flexibility index (Phi) is 3.86. The fourth-order valence-corrected chi connectivity index (χ4v) is 4.04. The van der Waals surface area contributed by atoms with E-state index >= 15 is 0 Å². The maximum atomic E-state index is 12.7. The monoisotopic (exact) mass is 315 g/mol. The summed E-state index contributed by atoms with van der Waals surface area (Å²) in [6, 6.07) is -0.868. The van der Waals surface area contributed by atoms with Crippen LogP contribution in [-0.4, -0.2) is 23.0 Å². The molecule has 0 aliphatic heterocycles. The SMILES string of the molecule is CCC1CCc2nc(NC(=O)NC3CC(F)(F)C3)sc2C1. The topological polar surface area (TPSA) is 54.0 Å². The summed E-state index contributed by atoms with van der Waals surface area (Å²) < 4.78 is 25.4. The number of anilines is 1. The number of hydrogen-bond donors (Lipinski definition) is 2. The van der Waals surface area contributed by atoms with Gasteiger partial charge in [-0.15, -0.1) is 11.3 Å². The van der Waals surface area contributed by atoms with Gasteiger partial charge in [0.25, 0.3) is 5.92 Å². The average Bonchev–Trinajstić information content (AvgIpc) is 2.77. The molecule has 2 aliphatic carbocycles. The highest BCUT2D eigenvalue weighted by atomic mass is 32.1. The Bertz CT molecular complexity index is 538. The van der Waals surface area contributed by atoms with Crippen molar-refractivity contribution in [2.45, 2.75) is 57.4 Å². The van der Waals surface area contributed by atoms with Gasteiger partial charge in [-0.05, 0) is 25.2 Å². The minimum absolute atomic E-state index is 0.271.